The first-order valence-corrected chi connectivity index (χ1v) is 5.45. The molecule has 0 saturated carbocycles. The summed E-state index contributed by atoms with van der Waals surface area (Å²) >= 11 is 0. The molecule has 0 rings (SSSR count). The average molecular weight is 235 g/mol. The Morgan fingerprint density at radius 2 is 1.61 bits per heavy atom. The molecule has 0 aliphatic carbocycles. The van der Waals surface area contributed by atoms with Gasteiger partial charge in [0.2, 0.25) is 0 Å². The fraction of sp³-hybridized carbons (Fsp3) is 0.118. The molecule has 0 heterocycles. The van der Waals surface area contributed by atoms with Crippen LogP contribution < -0.4 is 0 Å². The van der Waals surface area contributed by atoms with Crippen LogP contribution in [0.3, 0.4) is 0 Å². The van der Waals surface area contributed by atoms with Crippen LogP contribution in [0.2, 0.25) is 0 Å². The summed E-state index contributed by atoms with van der Waals surface area (Å²) in [5, 5.41) is 8.59. The van der Waals surface area contributed by atoms with E-state index in [9.17, 15) is 0 Å². The summed E-state index contributed by atoms with van der Waals surface area (Å²) in [6.45, 7) is 14.8. The Kier molecular flexibility index (Phi) is 7.42. The molecule has 0 N–H and O–H groups in total. The van der Waals surface area contributed by atoms with E-state index in [2.05, 4.69) is 31.6 Å². The Bertz CT molecular complexity index is 534. The van der Waals surface area contributed by atoms with Gasteiger partial charge in [0.05, 0.1) is 6.07 Å². The number of hydrogen-bond acceptors (Lipinski definition) is 1. The van der Waals surface area contributed by atoms with Gasteiger partial charge < -0.3 is 0 Å². The molecule has 0 spiro atoms. The maximum Gasteiger partial charge on any atom is 0.0944 e. The first-order valence-electron chi connectivity index (χ1n) is 5.45. The van der Waals surface area contributed by atoms with Crippen molar-refractivity contribution in [2.24, 2.45) is 0 Å². The van der Waals surface area contributed by atoms with Crippen LogP contribution >= 0.6 is 0 Å². The SMILES string of the molecule is C=CC(=C)/C=C\C(=C)C#C/C(C)=C/C=C(\C)C#N. The summed E-state index contributed by atoms with van der Waals surface area (Å²) in [4.78, 5) is 0. The predicted molar refractivity (Wildman–Crippen MR) is 78.5 cm³/mol. The highest BCUT2D eigenvalue weighted by atomic mass is 14.2. The van der Waals surface area contributed by atoms with E-state index in [1.807, 2.05) is 25.1 Å². The van der Waals surface area contributed by atoms with Crippen LogP contribution in [-0.4, -0.2) is 0 Å². The topological polar surface area (TPSA) is 23.8 Å². The Morgan fingerprint density at radius 3 is 2.17 bits per heavy atom. The molecule has 90 valence electrons. The molecule has 0 aromatic rings. The number of rotatable bonds is 4. The zero-order valence-electron chi connectivity index (χ0n) is 11.0. The van der Waals surface area contributed by atoms with Gasteiger partial charge in [0, 0.05) is 11.1 Å². The maximum absolute atomic E-state index is 8.59. The maximum atomic E-state index is 8.59. The van der Waals surface area contributed by atoms with Crippen LogP contribution in [0.25, 0.3) is 0 Å². The molecule has 0 atom stereocenters. The van der Waals surface area contributed by atoms with E-state index < -0.39 is 0 Å². The van der Waals surface area contributed by atoms with Gasteiger partial charge in [-0.05, 0) is 43.2 Å². The molecule has 0 saturated heterocycles. The zero-order valence-corrected chi connectivity index (χ0v) is 11.0. The van der Waals surface area contributed by atoms with Crippen LogP contribution in [0.1, 0.15) is 13.8 Å². The van der Waals surface area contributed by atoms with E-state index in [-0.39, 0.29) is 0 Å². The first kappa shape index (κ1) is 15.5. The van der Waals surface area contributed by atoms with Gasteiger partial charge in [-0.25, -0.2) is 0 Å². The van der Waals surface area contributed by atoms with Crippen LogP contribution in [0.15, 0.2) is 72.4 Å². The minimum atomic E-state index is 0.650. The normalized spacial score (nSPS) is 11.4. The van der Waals surface area contributed by atoms with E-state index in [1.54, 1.807) is 25.2 Å². The lowest BCUT2D eigenvalue weighted by atomic mass is 10.2. The highest BCUT2D eigenvalue weighted by molar-refractivity contribution is 5.44. The fourth-order valence-electron chi connectivity index (χ4n) is 0.825. The van der Waals surface area contributed by atoms with Crippen LogP contribution in [-0.2, 0) is 0 Å². The van der Waals surface area contributed by atoms with Crippen molar-refractivity contribution in [3.8, 4) is 17.9 Å². The molecule has 0 aromatic carbocycles. The third-order valence-electron chi connectivity index (χ3n) is 1.94. The van der Waals surface area contributed by atoms with E-state index in [0.29, 0.717) is 11.1 Å². The zero-order chi connectivity index (χ0) is 14.0. The minimum absolute atomic E-state index is 0.650. The molecule has 0 aliphatic heterocycles. The van der Waals surface area contributed by atoms with Crippen LogP contribution in [0.4, 0.5) is 0 Å². The Morgan fingerprint density at radius 1 is 1.00 bits per heavy atom. The lowest BCUT2D eigenvalue weighted by Crippen LogP contribution is -1.73. The molecule has 0 aliphatic rings. The highest BCUT2D eigenvalue weighted by Crippen LogP contribution is 1.99. The standard InChI is InChI=1S/C17H17N/c1-6-14(2)7-8-15(3)9-10-16(4)11-12-17(5)13-18/h6-8,11-12H,1-3H2,4-5H3/b8-7-,16-11+,17-12+. The van der Waals surface area contributed by atoms with Gasteiger partial charge in [0.1, 0.15) is 0 Å². The molecule has 0 radical (unpaired) electrons. The largest absolute Gasteiger partial charge is 0.193 e. The van der Waals surface area contributed by atoms with Gasteiger partial charge in [0.25, 0.3) is 0 Å². The summed E-state index contributed by atoms with van der Waals surface area (Å²) in [5.41, 5.74) is 3.04. The predicted octanol–water partition coefficient (Wildman–Crippen LogP) is 4.26. The number of hydrogen-bond donors (Lipinski definition) is 0. The van der Waals surface area contributed by atoms with Crippen molar-refractivity contribution in [1.82, 2.24) is 0 Å². The molecule has 1 heteroatoms. The summed E-state index contributed by atoms with van der Waals surface area (Å²) in [5.74, 6) is 5.87. The van der Waals surface area contributed by atoms with Gasteiger partial charge in [0.15, 0.2) is 0 Å². The molecule has 18 heavy (non-hydrogen) atoms. The molecule has 0 fully saturated rings. The van der Waals surface area contributed by atoms with Gasteiger partial charge in [-0.3, -0.25) is 0 Å². The summed E-state index contributed by atoms with van der Waals surface area (Å²) in [6.07, 6.45) is 8.81. The lowest BCUT2D eigenvalue weighted by Gasteiger charge is -1.88. The van der Waals surface area contributed by atoms with E-state index in [4.69, 9.17) is 5.26 Å². The second kappa shape index (κ2) is 8.62. The lowest BCUT2D eigenvalue weighted by molar-refractivity contribution is 1.44. The molecule has 0 amide bonds. The van der Waals surface area contributed by atoms with Crippen molar-refractivity contribution in [3.05, 3.63) is 72.4 Å². The first-order chi connectivity index (χ1) is 8.49. The molecule has 0 unspecified atom stereocenters. The van der Waals surface area contributed by atoms with Crippen LogP contribution in [0.5, 0.6) is 0 Å². The van der Waals surface area contributed by atoms with Gasteiger partial charge in [-0.1, -0.05) is 43.7 Å². The molecular weight excluding hydrogens is 218 g/mol. The van der Waals surface area contributed by atoms with E-state index in [1.165, 1.54) is 0 Å². The van der Waals surface area contributed by atoms with Crippen molar-refractivity contribution < 1.29 is 0 Å². The number of nitriles is 1. The Labute approximate surface area is 110 Å². The Hall–Kier alpha value is -2.51. The van der Waals surface area contributed by atoms with Gasteiger partial charge >= 0.3 is 0 Å². The van der Waals surface area contributed by atoms with E-state index in [0.717, 1.165) is 11.1 Å². The molecule has 0 aromatic heterocycles. The average Bonchev–Trinajstić information content (AvgIpc) is 2.39. The van der Waals surface area contributed by atoms with Crippen molar-refractivity contribution in [2.45, 2.75) is 13.8 Å². The monoisotopic (exact) mass is 235 g/mol. The van der Waals surface area contributed by atoms with Crippen molar-refractivity contribution in [2.75, 3.05) is 0 Å². The smallest absolute Gasteiger partial charge is 0.0944 e. The van der Waals surface area contributed by atoms with E-state index >= 15 is 0 Å². The van der Waals surface area contributed by atoms with Crippen molar-refractivity contribution in [1.29, 1.82) is 5.26 Å². The second-order valence-electron chi connectivity index (χ2n) is 3.70. The fourth-order valence-corrected chi connectivity index (χ4v) is 0.825. The number of allylic oxidation sites excluding steroid dienone is 9. The number of nitrogens with zero attached hydrogens (tertiary/aromatic N) is 1. The third-order valence-corrected chi connectivity index (χ3v) is 1.94. The summed E-state index contributed by atoms with van der Waals surface area (Å²) in [6, 6.07) is 2.04. The third kappa shape index (κ3) is 7.74. The summed E-state index contributed by atoms with van der Waals surface area (Å²) in [7, 11) is 0. The molecular formula is C17H17N. The van der Waals surface area contributed by atoms with Gasteiger partial charge in [-0.2, -0.15) is 5.26 Å². The van der Waals surface area contributed by atoms with Crippen LogP contribution in [0, 0.1) is 23.2 Å². The minimum Gasteiger partial charge on any atom is -0.193 e. The van der Waals surface area contributed by atoms with Crippen molar-refractivity contribution in [3.63, 3.8) is 0 Å². The van der Waals surface area contributed by atoms with Crippen molar-refractivity contribution >= 4 is 0 Å². The molecule has 1 nitrogen and oxygen atoms in total. The quantitative estimate of drug-likeness (QED) is 0.406. The summed E-state index contributed by atoms with van der Waals surface area (Å²) < 4.78 is 0. The highest BCUT2D eigenvalue weighted by Gasteiger charge is 1.84. The molecule has 0 bridgehead atoms. The van der Waals surface area contributed by atoms with Gasteiger partial charge in [-0.15, -0.1) is 0 Å². The Balaban J connectivity index is 4.64. The second-order valence-corrected chi connectivity index (χ2v) is 3.70.